The van der Waals surface area contributed by atoms with Crippen LogP contribution in [0.2, 0.25) is 0 Å². The molecule has 4 N–H and O–H groups in total. The molecule has 0 spiro atoms. The second-order valence-corrected chi connectivity index (χ2v) is 9.80. The lowest BCUT2D eigenvalue weighted by atomic mass is 9.81. The number of hydrogen-bond donors (Lipinski definition) is 2. The minimum absolute atomic E-state index is 0.0481. The number of nitrogens with zero attached hydrogens (tertiary/aromatic N) is 4. The first-order valence-electron chi connectivity index (χ1n) is 9.96. The number of anilines is 1. The summed E-state index contributed by atoms with van der Waals surface area (Å²) >= 11 is 3.31. The van der Waals surface area contributed by atoms with Crippen LogP contribution < -0.4 is 20.7 Å². The van der Waals surface area contributed by atoms with Gasteiger partial charge in [0.1, 0.15) is 5.75 Å². The molecule has 2 aromatic heterocycles. The van der Waals surface area contributed by atoms with E-state index in [0.717, 1.165) is 4.47 Å². The molecule has 0 bridgehead atoms. The number of methoxy groups -OCH3 is 1. The molecule has 14 heteroatoms. The fourth-order valence-electron chi connectivity index (χ4n) is 3.43. The van der Waals surface area contributed by atoms with Crippen molar-refractivity contribution in [3.8, 4) is 11.6 Å². The quantitative estimate of drug-likeness (QED) is 0.383. The van der Waals surface area contributed by atoms with Gasteiger partial charge in [-0.2, -0.15) is 9.97 Å². The molecule has 0 saturated heterocycles. The first kappa shape index (κ1) is 23.4. The summed E-state index contributed by atoms with van der Waals surface area (Å²) < 4.78 is 36.8. The molecule has 3 aromatic rings. The van der Waals surface area contributed by atoms with E-state index in [1.54, 1.807) is 30.6 Å². The number of rotatable bonds is 9. The van der Waals surface area contributed by atoms with E-state index in [1.807, 2.05) is 4.57 Å². The number of halogens is 1. The number of benzene rings is 1. The number of imidazole rings is 1. The molecule has 4 rings (SSSR count). The fourth-order valence-corrected chi connectivity index (χ4v) is 4.94. The van der Waals surface area contributed by atoms with Gasteiger partial charge < -0.3 is 29.8 Å². The van der Waals surface area contributed by atoms with Crippen LogP contribution in [0.15, 0.2) is 35.1 Å². The number of phosphoric acid groups is 1. The highest BCUT2D eigenvalue weighted by Gasteiger charge is 2.38. The Bertz CT molecular complexity index is 1200. The van der Waals surface area contributed by atoms with Crippen LogP contribution in [-0.4, -0.2) is 45.7 Å². The molecule has 12 nitrogen and oxygen atoms in total. The van der Waals surface area contributed by atoms with Crippen LogP contribution in [0.3, 0.4) is 0 Å². The summed E-state index contributed by atoms with van der Waals surface area (Å²) in [5.74, 6) is -0.213. The Morgan fingerprint density at radius 1 is 1.27 bits per heavy atom. The topological polar surface area (TPSA) is 167 Å². The lowest BCUT2D eigenvalue weighted by Crippen LogP contribution is -2.30. The van der Waals surface area contributed by atoms with Crippen LogP contribution in [0.4, 0.5) is 5.95 Å². The highest BCUT2D eigenvalue weighted by atomic mass is 79.9. The molecule has 1 fully saturated rings. The molecule has 1 aliphatic carbocycles. The summed E-state index contributed by atoms with van der Waals surface area (Å²) in [4.78, 5) is 24.3. The zero-order chi connectivity index (χ0) is 23.6. The molecule has 1 saturated carbocycles. The van der Waals surface area contributed by atoms with Crippen molar-refractivity contribution in [1.82, 2.24) is 19.5 Å². The normalized spacial score (nSPS) is 19.5. The molecule has 33 heavy (non-hydrogen) atoms. The molecule has 1 aromatic carbocycles. The lowest BCUT2D eigenvalue weighted by molar-refractivity contribution is -0.134. The molecule has 176 valence electrons. The van der Waals surface area contributed by atoms with Gasteiger partial charge in [-0.05, 0) is 43.0 Å². The largest absolute Gasteiger partial charge is 0.589 e. The number of nitrogens with two attached hydrogens (primary N) is 2. The fraction of sp³-hybridized carbons (Fsp3) is 0.368. The summed E-state index contributed by atoms with van der Waals surface area (Å²) in [5.41, 5.74) is 12.2. The van der Waals surface area contributed by atoms with E-state index < -0.39 is 20.3 Å². The van der Waals surface area contributed by atoms with Gasteiger partial charge in [0.25, 0.3) is 0 Å². The minimum Gasteiger partial charge on any atom is -0.479 e. The third kappa shape index (κ3) is 5.27. The third-order valence-electron chi connectivity index (χ3n) is 5.08. The highest BCUT2D eigenvalue weighted by molar-refractivity contribution is 9.10. The Hall–Kier alpha value is -2.73. The van der Waals surface area contributed by atoms with Crippen molar-refractivity contribution in [2.24, 2.45) is 11.7 Å². The van der Waals surface area contributed by atoms with Crippen molar-refractivity contribution in [2.45, 2.75) is 18.9 Å². The van der Waals surface area contributed by atoms with Gasteiger partial charge >= 0.3 is 13.8 Å². The zero-order valence-corrected chi connectivity index (χ0v) is 20.1. The second-order valence-electron chi connectivity index (χ2n) is 7.36. The minimum atomic E-state index is -4.22. The number of aromatic nitrogens is 4. The Morgan fingerprint density at radius 2 is 2.00 bits per heavy atom. The van der Waals surface area contributed by atoms with Crippen molar-refractivity contribution in [3.63, 3.8) is 0 Å². The maximum atomic E-state index is 13.1. The molecule has 1 aliphatic rings. The van der Waals surface area contributed by atoms with Crippen molar-refractivity contribution in [3.05, 3.63) is 35.1 Å². The van der Waals surface area contributed by atoms with Gasteiger partial charge in [-0.25, -0.2) is 9.55 Å². The van der Waals surface area contributed by atoms with Gasteiger partial charge in [-0.3, -0.25) is 9.32 Å². The number of hydrogen-bond acceptors (Lipinski definition) is 11. The Labute approximate surface area is 197 Å². The van der Waals surface area contributed by atoms with Crippen molar-refractivity contribution in [2.75, 3.05) is 26.0 Å². The van der Waals surface area contributed by atoms with Crippen molar-refractivity contribution < 1.29 is 27.7 Å². The SMILES string of the molecule is COc1nc(N)nc2c1ncn2[C@H]1C[C@@H](COP(=O)(OC(=O)CN)Oc2ccc(Br)cc2)C1. The average molecular weight is 541 g/mol. The Morgan fingerprint density at radius 3 is 2.67 bits per heavy atom. The molecule has 0 amide bonds. The molecular weight excluding hydrogens is 519 g/mol. The maximum Gasteiger partial charge on any atom is 0.589 e. The molecule has 0 radical (unpaired) electrons. The van der Waals surface area contributed by atoms with E-state index in [4.69, 9.17) is 29.8 Å². The second kappa shape index (κ2) is 9.64. The van der Waals surface area contributed by atoms with Crippen LogP contribution in [0.1, 0.15) is 18.9 Å². The molecule has 1 unspecified atom stereocenters. The number of phosphoric ester groups is 1. The standard InChI is InChI=1S/C19H22BrN6O6P/c1-29-18-16-17(24-19(22)25-18)26(10-23-16)13-6-11(7-13)9-30-33(28,32-15(27)8-21)31-14-4-2-12(20)3-5-14/h2-5,10-11,13H,6-9,21H2,1H3,(H2,22,24,25)/t11-,13+,33?. The van der Waals surface area contributed by atoms with Crippen LogP contribution in [0.5, 0.6) is 11.6 Å². The van der Waals surface area contributed by atoms with Crippen molar-refractivity contribution >= 4 is 46.8 Å². The number of carbonyl (C=O) groups excluding carboxylic acids is 1. The zero-order valence-electron chi connectivity index (χ0n) is 17.6. The smallest absolute Gasteiger partial charge is 0.479 e. The summed E-state index contributed by atoms with van der Waals surface area (Å²) in [7, 11) is -2.73. The van der Waals surface area contributed by atoms with Gasteiger partial charge in [0.05, 0.1) is 26.6 Å². The molecular formula is C19H22BrN6O6P. The van der Waals surface area contributed by atoms with Gasteiger partial charge in [0, 0.05) is 10.5 Å². The van der Waals surface area contributed by atoms with E-state index in [1.165, 1.54) is 7.11 Å². The highest BCUT2D eigenvalue weighted by Crippen LogP contribution is 2.51. The molecule has 0 aliphatic heterocycles. The third-order valence-corrected chi connectivity index (χ3v) is 6.94. The summed E-state index contributed by atoms with van der Waals surface area (Å²) in [6.07, 6.45) is 3.05. The average Bonchev–Trinajstić information content (AvgIpc) is 3.17. The first-order valence-corrected chi connectivity index (χ1v) is 12.2. The predicted octanol–water partition coefficient (Wildman–Crippen LogP) is 2.84. The van der Waals surface area contributed by atoms with E-state index in [-0.39, 0.29) is 30.3 Å². The number of carbonyl (C=O) groups is 1. The van der Waals surface area contributed by atoms with Gasteiger partial charge in [-0.15, -0.1) is 0 Å². The first-order chi connectivity index (χ1) is 15.8. The number of nitrogen functional groups attached to an aromatic ring is 1. The van der Waals surface area contributed by atoms with Gasteiger partial charge in [-0.1, -0.05) is 15.9 Å². The van der Waals surface area contributed by atoms with E-state index in [9.17, 15) is 9.36 Å². The van der Waals surface area contributed by atoms with E-state index >= 15 is 0 Å². The summed E-state index contributed by atoms with van der Waals surface area (Å²) in [6.45, 7) is -0.389. The molecule has 1 atom stereocenters. The monoisotopic (exact) mass is 540 g/mol. The van der Waals surface area contributed by atoms with E-state index in [0.29, 0.717) is 29.9 Å². The van der Waals surface area contributed by atoms with Crippen LogP contribution in [-0.2, 0) is 18.4 Å². The Kier molecular flexibility index (Phi) is 6.84. The van der Waals surface area contributed by atoms with Gasteiger partial charge in [0.15, 0.2) is 11.2 Å². The van der Waals surface area contributed by atoms with Crippen LogP contribution >= 0.6 is 23.8 Å². The maximum absolute atomic E-state index is 13.1. The van der Waals surface area contributed by atoms with Crippen LogP contribution in [0, 0.1) is 5.92 Å². The Balaban J connectivity index is 1.40. The molecule has 2 heterocycles. The van der Waals surface area contributed by atoms with E-state index in [2.05, 4.69) is 30.9 Å². The number of fused-ring (bicyclic) bond motifs is 1. The predicted molar refractivity (Wildman–Crippen MR) is 122 cm³/mol. The summed E-state index contributed by atoms with van der Waals surface area (Å²) in [5, 5.41) is 0. The number of ether oxygens (including phenoxy) is 1. The summed E-state index contributed by atoms with van der Waals surface area (Å²) in [6, 6.07) is 6.62. The van der Waals surface area contributed by atoms with Gasteiger partial charge in [0.2, 0.25) is 11.8 Å². The lowest BCUT2D eigenvalue weighted by Gasteiger charge is -2.36. The van der Waals surface area contributed by atoms with Crippen LogP contribution in [0.25, 0.3) is 11.2 Å². The van der Waals surface area contributed by atoms with Crippen molar-refractivity contribution in [1.29, 1.82) is 0 Å².